The van der Waals surface area contributed by atoms with E-state index in [0.29, 0.717) is 12.1 Å². The number of urea groups is 1. The molecule has 0 atom stereocenters. The Labute approximate surface area is 125 Å². The summed E-state index contributed by atoms with van der Waals surface area (Å²) >= 11 is 0. The lowest BCUT2D eigenvalue weighted by molar-refractivity contribution is -0.136. The highest BCUT2D eigenvalue weighted by Gasteiger charge is 2.35. The predicted molar refractivity (Wildman–Crippen MR) is 81.4 cm³/mol. The number of hydrogen-bond donors (Lipinski definition) is 2. The van der Waals surface area contributed by atoms with Crippen LogP contribution in [0, 0.1) is 0 Å². The Bertz CT molecular complexity index is 540. The number of carbonyl (C=O) groups excluding carboxylic acids is 1. The molecular formula is C16H22N2O3. The molecule has 0 radical (unpaired) electrons. The Balaban J connectivity index is 2.08. The number of hydrogen-bond acceptors (Lipinski definition) is 2. The van der Waals surface area contributed by atoms with Crippen LogP contribution in [0.2, 0.25) is 0 Å². The molecule has 0 bridgehead atoms. The van der Waals surface area contributed by atoms with Crippen LogP contribution in [0.15, 0.2) is 24.3 Å². The highest BCUT2D eigenvalue weighted by molar-refractivity contribution is 5.91. The SMILES string of the molecule is CC1(C)CCCN1C(=O)Nc1ccccc1CCC(=O)O. The molecule has 2 rings (SSSR count). The molecule has 1 aromatic rings. The van der Waals surface area contributed by atoms with Crippen molar-refractivity contribution in [3.8, 4) is 0 Å². The molecule has 1 saturated heterocycles. The van der Waals surface area contributed by atoms with Crippen molar-refractivity contribution in [3.63, 3.8) is 0 Å². The van der Waals surface area contributed by atoms with Crippen LogP contribution < -0.4 is 5.32 Å². The lowest BCUT2D eigenvalue weighted by atomic mass is 10.0. The van der Waals surface area contributed by atoms with Crippen molar-refractivity contribution in [2.45, 2.75) is 45.1 Å². The number of carbonyl (C=O) groups is 2. The zero-order valence-corrected chi connectivity index (χ0v) is 12.6. The maximum atomic E-state index is 12.4. The molecule has 0 spiro atoms. The van der Waals surface area contributed by atoms with Crippen LogP contribution in [0.25, 0.3) is 0 Å². The van der Waals surface area contributed by atoms with Gasteiger partial charge in [0.15, 0.2) is 0 Å². The number of nitrogens with one attached hydrogen (secondary N) is 1. The number of anilines is 1. The molecule has 1 fully saturated rings. The van der Waals surface area contributed by atoms with Crippen LogP contribution in [0.1, 0.15) is 38.7 Å². The second-order valence-electron chi connectivity index (χ2n) is 6.05. The monoisotopic (exact) mass is 290 g/mol. The Hall–Kier alpha value is -2.04. The van der Waals surface area contributed by atoms with Gasteiger partial charge >= 0.3 is 12.0 Å². The fraction of sp³-hybridized carbons (Fsp3) is 0.500. The molecule has 0 aromatic heterocycles. The van der Waals surface area contributed by atoms with E-state index in [-0.39, 0.29) is 18.0 Å². The third kappa shape index (κ3) is 3.74. The average molecular weight is 290 g/mol. The van der Waals surface area contributed by atoms with Crippen LogP contribution in [0.4, 0.5) is 10.5 Å². The molecule has 0 aliphatic carbocycles. The largest absolute Gasteiger partial charge is 0.481 e. The van der Waals surface area contributed by atoms with E-state index in [4.69, 9.17) is 5.11 Å². The summed E-state index contributed by atoms with van der Waals surface area (Å²) in [5.74, 6) is -0.836. The van der Waals surface area contributed by atoms with Crippen LogP contribution >= 0.6 is 0 Å². The molecule has 2 amide bonds. The zero-order chi connectivity index (χ0) is 15.5. The summed E-state index contributed by atoms with van der Waals surface area (Å²) in [4.78, 5) is 25.0. The van der Waals surface area contributed by atoms with Gasteiger partial charge in [-0.25, -0.2) is 4.79 Å². The number of rotatable bonds is 4. The van der Waals surface area contributed by atoms with Gasteiger partial charge in [-0.2, -0.15) is 0 Å². The van der Waals surface area contributed by atoms with Gasteiger partial charge in [0.2, 0.25) is 0 Å². The Morgan fingerprint density at radius 2 is 2.05 bits per heavy atom. The molecule has 114 valence electrons. The minimum absolute atomic E-state index is 0.0576. The van der Waals surface area contributed by atoms with Crippen molar-refractivity contribution < 1.29 is 14.7 Å². The highest BCUT2D eigenvalue weighted by Crippen LogP contribution is 2.29. The molecule has 5 heteroatoms. The van der Waals surface area contributed by atoms with Crippen molar-refractivity contribution >= 4 is 17.7 Å². The number of nitrogens with zero attached hydrogens (tertiary/aromatic N) is 1. The summed E-state index contributed by atoms with van der Waals surface area (Å²) in [5, 5.41) is 11.7. The number of carboxylic acid groups (broad SMARTS) is 1. The van der Waals surface area contributed by atoms with Gasteiger partial charge in [0, 0.05) is 24.2 Å². The molecule has 1 heterocycles. The molecule has 5 nitrogen and oxygen atoms in total. The smallest absolute Gasteiger partial charge is 0.322 e. The maximum Gasteiger partial charge on any atom is 0.322 e. The highest BCUT2D eigenvalue weighted by atomic mass is 16.4. The van der Waals surface area contributed by atoms with E-state index in [2.05, 4.69) is 19.2 Å². The van der Waals surface area contributed by atoms with Gasteiger partial charge in [0.1, 0.15) is 0 Å². The first kappa shape index (κ1) is 15.4. The van der Waals surface area contributed by atoms with E-state index in [1.807, 2.05) is 29.2 Å². The van der Waals surface area contributed by atoms with Gasteiger partial charge < -0.3 is 15.3 Å². The normalized spacial score (nSPS) is 16.8. The fourth-order valence-corrected chi connectivity index (χ4v) is 2.77. The van der Waals surface area contributed by atoms with Crippen molar-refractivity contribution in [2.24, 2.45) is 0 Å². The topological polar surface area (TPSA) is 69.6 Å². The molecule has 1 aromatic carbocycles. The van der Waals surface area contributed by atoms with Crippen LogP contribution in [-0.4, -0.2) is 34.1 Å². The van der Waals surface area contributed by atoms with Gasteiger partial charge in [0.25, 0.3) is 0 Å². The standard InChI is InChI=1S/C16H22N2O3/c1-16(2)10-5-11-18(16)15(21)17-13-7-4-3-6-12(13)8-9-14(19)20/h3-4,6-7H,5,8-11H2,1-2H3,(H,17,21)(H,19,20). The van der Waals surface area contributed by atoms with Crippen molar-refractivity contribution in [1.29, 1.82) is 0 Å². The summed E-state index contributed by atoms with van der Waals surface area (Å²) < 4.78 is 0. The molecular weight excluding hydrogens is 268 g/mol. The third-order valence-corrected chi connectivity index (χ3v) is 4.01. The Morgan fingerprint density at radius 3 is 2.67 bits per heavy atom. The number of benzene rings is 1. The Kier molecular flexibility index (Phi) is 4.50. The summed E-state index contributed by atoms with van der Waals surface area (Å²) in [6, 6.07) is 7.26. The minimum atomic E-state index is -0.836. The number of likely N-dealkylation sites (tertiary alicyclic amines) is 1. The fourth-order valence-electron chi connectivity index (χ4n) is 2.77. The molecule has 0 saturated carbocycles. The molecule has 0 unspecified atom stereocenters. The molecule has 2 N–H and O–H groups in total. The maximum absolute atomic E-state index is 12.4. The number of carboxylic acids is 1. The Morgan fingerprint density at radius 1 is 1.33 bits per heavy atom. The lowest BCUT2D eigenvalue weighted by Gasteiger charge is -2.31. The van der Waals surface area contributed by atoms with E-state index >= 15 is 0 Å². The van der Waals surface area contributed by atoms with E-state index in [0.717, 1.165) is 24.9 Å². The summed E-state index contributed by atoms with van der Waals surface area (Å²) in [6.07, 6.45) is 2.49. The van der Waals surface area contributed by atoms with Gasteiger partial charge in [0.05, 0.1) is 0 Å². The molecule has 21 heavy (non-hydrogen) atoms. The van der Waals surface area contributed by atoms with Crippen LogP contribution in [-0.2, 0) is 11.2 Å². The van der Waals surface area contributed by atoms with Crippen LogP contribution in [0.5, 0.6) is 0 Å². The van der Waals surface area contributed by atoms with E-state index in [1.165, 1.54) is 0 Å². The minimum Gasteiger partial charge on any atom is -0.481 e. The van der Waals surface area contributed by atoms with Gasteiger partial charge in [-0.3, -0.25) is 4.79 Å². The summed E-state index contributed by atoms with van der Waals surface area (Å²) in [7, 11) is 0. The predicted octanol–water partition coefficient (Wildman–Crippen LogP) is 3.11. The van der Waals surface area contributed by atoms with Crippen molar-refractivity contribution in [2.75, 3.05) is 11.9 Å². The van der Waals surface area contributed by atoms with E-state index in [1.54, 1.807) is 0 Å². The number of aliphatic carboxylic acids is 1. The van der Waals surface area contributed by atoms with E-state index in [9.17, 15) is 9.59 Å². The summed E-state index contributed by atoms with van der Waals surface area (Å²) in [5.41, 5.74) is 1.43. The van der Waals surface area contributed by atoms with E-state index < -0.39 is 5.97 Å². The first-order valence-corrected chi connectivity index (χ1v) is 7.28. The second-order valence-corrected chi connectivity index (χ2v) is 6.05. The van der Waals surface area contributed by atoms with Gasteiger partial charge in [-0.05, 0) is 44.7 Å². The first-order valence-electron chi connectivity index (χ1n) is 7.28. The van der Waals surface area contributed by atoms with Crippen LogP contribution in [0.3, 0.4) is 0 Å². The zero-order valence-electron chi connectivity index (χ0n) is 12.6. The lowest BCUT2D eigenvalue weighted by Crippen LogP contribution is -2.45. The summed E-state index contributed by atoms with van der Waals surface area (Å²) in [6.45, 7) is 4.89. The first-order chi connectivity index (χ1) is 9.90. The second kappa shape index (κ2) is 6.16. The third-order valence-electron chi connectivity index (χ3n) is 4.01. The molecule has 1 aliphatic rings. The molecule has 1 aliphatic heterocycles. The number of aryl methyl sites for hydroxylation is 1. The average Bonchev–Trinajstić information content (AvgIpc) is 2.77. The quantitative estimate of drug-likeness (QED) is 0.895. The van der Waals surface area contributed by atoms with Crippen molar-refractivity contribution in [3.05, 3.63) is 29.8 Å². The number of amides is 2. The van der Waals surface area contributed by atoms with Gasteiger partial charge in [-0.1, -0.05) is 18.2 Å². The number of para-hydroxylation sites is 1. The van der Waals surface area contributed by atoms with Crippen molar-refractivity contribution in [1.82, 2.24) is 4.90 Å². The van der Waals surface area contributed by atoms with Gasteiger partial charge in [-0.15, -0.1) is 0 Å².